The predicted molar refractivity (Wildman–Crippen MR) is 43.4 cm³/mol. The molecule has 0 atom stereocenters. The summed E-state index contributed by atoms with van der Waals surface area (Å²) in [7, 11) is 0. The number of nitrogens with zero attached hydrogens (tertiary/aromatic N) is 6. The summed E-state index contributed by atoms with van der Waals surface area (Å²) in [5.41, 5.74) is -1.39. The highest BCUT2D eigenvalue weighted by Gasteiger charge is 2.41. The van der Waals surface area contributed by atoms with E-state index in [1.807, 2.05) is 0 Å². The highest BCUT2D eigenvalue weighted by Crippen LogP contribution is 2.30. The molecule has 1 aromatic rings. The maximum absolute atomic E-state index is 10.3. The molecular weight excluding hydrogens is 232 g/mol. The van der Waals surface area contributed by atoms with Crippen LogP contribution in [0.3, 0.4) is 0 Å². The minimum atomic E-state index is -1.39. The summed E-state index contributed by atoms with van der Waals surface area (Å²) in [4.78, 5) is 27.0. The fourth-order valence-electron chi connectivity index (χ4n) is 0.711. The molecule has 1 aromatic heterocycles. The van der Waals surface area contributed by atoms with E-state index < -0.39 is 32.1 Å². The monoisotopic (exact) mass is 234 g/mol. The molecule has 0 bridgehead atoms. The zero-order chi connectivity index (χ0) is 11.6. The van der Waals surface area contributed by atoms with Gasteiger partial charge in [-0.3, -0.25) is 10.1 Å². The highest BCUT2D eigenvalue weighted by molar-refractivity contribution is 5.56. The topological polar surface area (TPSA) is 200 Å². The molecule has 0 aliphatic carbocycles. The van der Waals surface area contributed by atoms with Gasteiger partial charge in [0, 0.05) is 0 Å². The lowest BCUT2D eigenvalue weighted by Gasteiger charge is -1.92. The van der Waals surface area contributed by atoms with Crippen LogP contribution in [-0.2, 0) is 0 Å². The van der Waals surface area contributed by atoms with Crippen LogP contribution in [-0.4, -0.2) is 35.7 Å². The Bertz CT molecular complexity index is 425. The van der Waals surface area contributed by atoms with E-state index in [-0.39, 0.29) is 5.48 Å². The molecule has 0 saturated carbocycles. The number of aromatic nitrogens is 3. The lowest BCUT2D eigenvalue weighted by molar-refractivity contribution is -0.446. The van der Waals surface area contributed by atoms with Crippen LogP contribution in [0.4, 0.5) is 17.3 Å². The van der Waals surface area contributed by atoms with Crippen molar-refractivity contribution in [2.24, 2.45) is 0 Å². The van der Waals surface area contributed by atoms with Gasteiger partial charge in [0.25, 0.3) is 0 Å². The zero-order valence-electron chi connectivity index (χ0n) is 7.13. The molecule has 0 spiro atoms. The van der Waals surface area contributed by atoms with Crippen molar-refractivity contribution >= 4 is 17.3 Å². The molecule has 0 aliphatic rings. The molecule has 13 heteroatoms. The van der Waals surface area contributed by atoms with Crippen molar-refractivity contribution in [1.29, 1.82) is 0 Å². The minimum absolute atomic E-state index is 0. The Morgan fingerprint density at radius 1 is 0.812 bits per heavy atom. The number of nitro groups is 3. The van der Waals surface area contributed by atoms with E-state index >= 15 is 0 Å². The summed E-state index contributed by atoms with van der Waals surface area (Å²) in [6.45, 7) is 0. The Morgan fingerprint density at radius 2 is 1.19 bits per heavy atom. The summed E-state index contributed by atoms with van der Waals surface area (Å²) >= 11 is 0. The Morgan fingerprint density at radius 3 is 1.44 bits per heavy atom. The van der Waals surface area contributed by atoms with Gasteiger partial charge in [-0.2, -0.15) is 0 Å². The van der Waals surface area contributed by atoms with Crippen molar-refractivity contribution < 1.29 is 20.2 Å². The molecule has 2 N–H and O–H groups in total. The van der Waals surface area contributed by atoms with Crippen molar-refractivity contribution in [3.63, 3.8) is 0 Å². The Kier molecular flexibility index (Phi) is 3.79. The van der Waals surface area contributed by atoms with Crippen molar-refractivity contribution in [3.8, 4) is 0 Å². The van der Waals surface area contributed by atoms with E-state index in [0.29, 0.717) is 0 Å². The number of hydrogen-bond acceptors (Lipinski definition) is 9. The van der Waals surface area contributed by atoms with Gasteiger partial charge in [-0.15, -0.1) is 0 Å². The Balaban J connectivity index is 0.00000225. The van der Waals surface area contributed by atoms with Crippen LogP contribution in [0.1, 0.15) is 0 Å². The maximum Gasteiger partial charge on any atom is 0.481 e. The van der Waals surface area contributed by atoms with Crippen molar-refractivity contribution in [1.82, 2.24) is 15.4 Å². The van der Waals surface area contributed by atoms with E-state index in [9.17, 15) is 30.3 Å². The van der Waals surface area contributed by atoms with Gasteiger partial charge in [0.05, 0.1) is 4.92 Å². The van der Waals surface area contributed by atoms with E-state index in [2.05, 4.69) is 15.4 Å². The molecular formula is C3H2N6O7. The van der Waals surface area contributed by atoms with E-state index in [0.717, 1.165) is 0 Å². The van der Waals surface area contributed by atoms with Crippen LogP contribution in [0, 0.1) is 30.3 Å². The van der Waals surface area contributed by atoms with E-state index in [4.69, 9.17) is 0 Å². The smallest absolute Gasteiger partial charge is 0.412 e. The molecule has 0 aromatic carbocycles. The summed E-state index contributed by atoms with van der Waals surface area (Å²) < 4.78 is 0. The molecule has 16 heavy (non-hydrogen) atoms. The van der Waals surface area contributed by atoms with Gasteiger partial charge in [0.15, 0.2) is 5.21 Å². The first-order valence-corrected chi connectivity index (χ1v) is 3.11. The lowest BCUT2D eigenvalue weighted by Crippen LogP contribution is -2.07. The standard InChI is InChI=1S/C3N6O6.H2O/c10-7(11)1-2(8(12)13)4-6-5-3(1)9(14)15;/h;1H2. The second-order valence-corrected chi connectivity index (χ2v) is 2.06. The largest absolute Gasteiger partial charge is 0.481 e. The van der Waals surface area contributed by atoms with Gasteiger partial charge >= 0.3 is 17.3 Å². The first kappa shape index (κ1) is 13.2. The van der Waals surface area contributed by atoms with Crippen LogP contribution < -0.4 is 0 Å². The van der Waals surface area contributed by atoms with Crippen LogP contribution in [0.25, 0.3) is 0 Å². The second kappa shape index (κ2) is 4.60. The maximum atomic E-state index is 10.3. The third kappa shape index (κ3) is 2.15. The molecule has 0 fully saturated rings. The normalized spacial score (nSPS) is 9.00. The van der Waals surface area contributed by atoms with Crippen LogP contribution in [0.2, 0.25) is 0 Å². The van der Waals surface area contributed by atoms with Gasteiger partial charge in [0.1, 0.15) is 10.2 Å². The average molecular weight is 234 g/mol. The molecule has 86 valence electrons. The minimum Gasteiger partial charge on any atom is -0.412 e. The Hall–Kier alpha value is -2.83. The van der Waals surface area contributed by atoms with Gasteiger partial charge in [-0.1, -0.05) is 0 Å². The summed E-state index contributed by atoms with van der Waals surface area (Å²) in [5, 5.41) is 39.0. The summed E-state index contributed by atoms with van der Waals surface area (Å²) in [5.74, 6) is -2.64. The van der Waals surface area contributed by atoms with Gasteiger partial charge in [0.2, 0.25) is 0 Å². The highest BCUT2D eigenvalue weighted by atomic mass is 16.7. The molecule has 1 heterocycles. The van der Waals surface area contributed by atoms with Gasteiger partial charge < -0.3 is 25.7 Å². The fourth-order valence-corrected chi connectivity index (χ4v) is 0.711. The Labute approximate surface area is 84.5 Å². The fraction of sp³-hybridized carbons (Fsp3) is 0. The second-order valence-electron chi connectivity index (χ2n) is 2.06. The molecule has 0 unspecified atom stereocenters. The van der Waals surface area contributed by atoms with Crippen molar-refractivity contribution in [2.75, 3.05) is 0 Å². The molecule has 0 radical (unpaired) electrons. The molecule has 0 aliphatic heterocycles. The van der Waals surface area contributed by atoms with Crippen LogP contribution >= 0.6 is 0 Å². The number of hydrogen-bond donors (Lipinski definition) is 0. The van der Waals surface area contributed by atoms with Crippen molar-refractivity contribution in [2.45, 2.75) is 0 Å². The molecule has 0 saturated heterocycles. The number of rotatable bonds is 3. The third-order valence-corrected chi connectivity index (χ3v) is 1.23. The van der Waals surface area contributed by atoms with Crippen molar-refractivity contribution in [3.05, 3.63) is 30.3 Å². The molecule has 13 nitrogen and oxygen atoms in total. The van der Waals surface area contributed by atoms with Crippen LogP contribution in [0.5, 0.6) is 0 Å². The zero-order valence-corrected chi connectivity index (χ0v) is 7.13. The molecule has 1 rings (SSSR count). The quantitative estimate of drug-likeness (QED) is 0.453. The van der Waals surface area contributed by atoms with Crippen LogP contribution in [0.15, 0.2) is 0 Å². The van der Waals surface area contributed by atoms with Gasteiger partial charge in [-0.25, -0.2) is 0 Å². The molecule has 0 amide bonds. The lowest BCUT2D eigenvalue weighted by atomic mass is 10.4. The SMILES string of the molecule is O.O=[N+]([O-])c1nnnc([N+](=O)[O-])c1[N+](=O)[O-]. The first-order chi connectivity index (χ1) is 6.95. The summed E-state index contributed by atoms with van der Waals surface area (Å²) in [6, 6.07) is 0. The summed E-state index contributed by atoms with van der Waals surface area (Å²) in [6.07, 6.45) is 0. The van der Waals surface area contributed by atoms with E-state index in [1.54, 1.807) is 0 Å². The average Bonchev–Trinajstić information content (AvgIpc) is 2.16. The first-order valence-electron chi connectivity index (χ1n) is 3.11. The van der Waals surface area contributed by atoms with Gasteiger partial charge in [-0.05, 0) is 9.85 Å². The third-order valence-electron chi connectivity index (χ3n) is 1.23. The predicted octanol–water partition coefficient (Wildman–Crippen LogP) is -1.23. The van der Waals surface area contributed by atoms with E-state index in [1.165, 1.54) is 0 Å².